The summed E-state index contributed by atoms with van der Waals surface area (Å²) in [6.07, 6.45) is 0. The predicted octanol–water partition coefficient (Wildman–Crippen LogP) is 16.7. The SMILES string of the molecule is c1ccc(-c2ccccc2N(c2ccc(-c3ccc4c(c3)oc3ccccc34)cc2)c2cc3cccc4c5cccc6ccc7cccc(c8cccc2c8c34)c7c65)cc1. The second-order valence-electron chi connectivity index (χ2n) is 16.0. The van der Waals surface area contributed by atoms with Crippen LogP contribution < -0.4 is 4.90 Å². The molecule has 278 valence electrons. The quantitative estimate of drug-likeness (QED) is 0.162. The first-order valence-corrected chi connectivity index (χ1v) is 20.7. The number of hydrogen-bond acceptors (Lipinski definition) is 2. The van der Waals surface area contributed by atoms with Crippen LogP contribution >= 0.6 is 0 Å². The van der Waals surface area contributed by atoms with Crippen molar-refractivity contribution in [2.24, 2.45) is 0 Å². The van der Waals surface area contributed by atoms with E-state index < -0.39 is 0 Å². The summed E-state index contributed by atoms with van der Waals surface area (Å²) in [6, 6.07) is 77.8. The Kier molecular flexibility index (Phi) is 7.05. The molecule has 0 N–H and O–H groups in total. The maximum Gasteiger partial charge on any atom is 0.136 e. The van der Waals surface area contributed by atoms with Gasteiger partial charge in [-0.25, -0.2) is 0 Å². The fraction of sp³-hybridized carbons (Fsp3) is 0. The highest BCUT2D eigenvalue weighted by Crippen LogP contribution is 2.49. The molecule has 0 saturated heterocycles. The molecule has 2 heteroatoms. The molecule has 0 atom stereocenters. The Balaban J connectivity index is 1.11. The molecule has 1 aromatic heterocycles. The number of benzene rings is 11. The fourth-order valence-electron chi connectivity index (χ4n) is 10.1. The van der Waals surface area contributed by atoms with E-state index in [4.69, 9.17) is 4.42 Å². The maximum absolute atomic E-state index is 6.31. The van der Waals surface area contributed by atoms with Crippen molar-refractivity contribution >= 4 is 104 Å². The highest BCUT2D eigenvalue weighted by atomic mass is 16.3. The molecule has 0 bridgehead atoms. The van der Waals surface area contributed by atoms with Gasteiger partial charge in [-0.3, -0.25) is 0 Å². The van der Waals surface area contributed by atoms with Crippen molar-refractivity contribution in [3.8, 4) is 22.3 Å². The van der Waals surface area contributed by atoms with Gasteiger partial charge in [-0.2, -0.15) is 0 Å². The lowest BCUT2D eigenvalue weighted by atomic mass is 9.87. The molecule has 1 heterocycles. The molecule has 0 unspecified atom stereocenters. The zero-order valence-corrected chi connectivity index (χ0v) is 32.6. The Hall–Kier alpha value is -7.94. The molecule has 13 aromatic rings. The minimum atomic E-state index is 0.900. The van der Waals surface area contributed by atoms with Crippen molar-refractivity contribution in [3.63, 3.8) is 0 Å². The van der Waals surface area contributed by atoms with E-state index in [-0.39, 0.29) is 0 Å². The van der Waals surface area contributed by atoms with Gasteiger partial charge in [0, 0.05) is 32.8 Å². The third kappa shape index (κ3) is 4.82. The van der Waals surface area contributed by atoms with E-state index in [1.165, 1.54) is 75.8 Å². The van der Waals surface area contributed by atoms with Crippen LogP contribution in [-0.4, -0.2) is 0 Å². The summed E-state index contributed by atoms with van der Waals surface area (Å²) in [5, 5.41) is 17.5. The van der Waals surface area contributed by atoms with Crippen LogP contribution in [0.25, 0.3) is 109 Å². The summed E-state index contributed by atoms with van der Waals surface area (Å²) in [6.45, 7) is 0. The summed E-state index contributed by atoms with van der Waals surface area (Å²) in [7, 11) is 0. The van der Waals surface area contributed by atoms with E-state index in [0.29, 0.717) is 0 Å². The van der Waals surface area contributed by atoms with Crippen molar-refractivity contribution < 1.29 is 4.42 Å². The van der Waals surface area contributed by atoms with Gasteiger partial charge >= 0.3 is 0 Å². The lowest BCUT2D eigenvalue weighted by molar-refractivity contribution is 0.669. The van der Waals surface area contributed by atoms with Crippen LogP contribution in [0, 0.1) is 0 Å². The molecule has 60 heavy (non-hydrogen) atoms. The topological polar surface area (TPSA) is 16.4 Å². The van der Waals surface area contributed by atoms with Crippen LogP contribution in [0.5, 0.6) is 0 Å². The van der Waals surface area contributed by atoms with Crippen LogP contribution in [0.15, 0.2) is 217 Å². The molecule has 0 radical (unpaired) electrons. The molecular weight excluding hydrogens is 727 g/mol. The van der Waals surface area contributed by atoms with Crippen LogP contribution in [0.4, 0.5) is 17.1 Å². The highest BCUT2D eigenvalue weighted by molar-refractivity contribution is 6.38. The van der Waals surface area contributed by atoms with Crippen LogP contribution in [0.3, 0.4) is 0 Å². The van der Waals surface area contributed by atoms with Gasteiger partial charge in [0.05, 0.1) is 11.4 Å². The van der Waals surface area contributed by atoms with E-state index in [9.17, 15) is 0 Å². The molecule has 0 aliphatic rings. The number of fused-ring (bicyclic) bond motifs is 5. The summed E-state index contributed by atoms with van der Waals surface area (Å²) in [5.41, 5.74) is 9.74. The average molecular weight is 762 g/mol. The minimum absolute atomic E-state index is 0.900. The van der Waals surface area contributed by atoms with E-state index >= 15 is 0 Å². The lowest BCUT2D eigenvalue weighted by Gasteiger charge is -2.30. The molecule has 0 saturated carbocycles. The third-order valence-electron chi connectivity index (χ3n) is 12.8. The highest BCUT2D eigenvalue weighted by Gasteiger charge is 2.23. The van der Waals surface area contributed by atoms with Gasteiger partial charge in [0.15, 0.2) is 0 Å². The van der Waals surface area contributed by atoms with Crippen molar-refractivity contribution in [1.29, 1.82) is 0 Å². The average Bonchev–Trinajstić information content (AvgIpc) is 3.69. The van der Waals surface area contributed by atoms with Crippen molar-refractivity contribution in [3.05, 3.63) is 212 Å². The van der Waals surface area contributed by atoms with Gasteiger partial charge in [0.2, 0.25) is 0 Å². The predicted molar refractivity (Wildman–Crippen MR) is 255 cm³/mol. The monoisotopic (exact) mass is 761 g/mol. The third-order valence-corrected chi connectivity index (χ3v) is 12.8. The Bertz CT molecular complexity index is 3820. The van der Waals surface area contributed by atoms with Crippen LogP contribution in [-0.2, 0) is 0 Å². The van der Waals surface area contributed by atoms with Crippen molar-refractivity contribution in [2.75, 3.05) is 4.90 Å². The first kappa shape index (κ1) is 33.1. The molecule has 0 fully saturated rings. The Morgan fingerprint density at radius 1 is 0.283 bits per heavy atom. The second-order valence-corrected chi connectivity index (χ2v) is 16.0. The summed E-state index contributed by atoms with van der Waals surface area (Å²) < 4.78 is 6.31. The smallest absolute Gasteiger partial charge is 0.136 e. The van der Waals surface area contributed by atoms with E-state index in [0.717, 1.165) is 50.1 Å². The molecule has 13 rings (SSSR count). The second kappa shape index (κ2) is 12.8. The number of furan rings is 1. The Morgan fingerprint density at radius 3 is 1.58 bits per heavy atom. The fourth-order valence-corrected chi connectivity index (χ4v) is 10.1. The van der Waals surface area contributed by atoms with Gasteiger partial charge in [0.1, 0.15) is 11.2 Å². The van der Waals surface area contributed by atoms with Crippen molar-refractivity contribution in [1.82, 2.24) is 0 Å². The molecule has 0 aliphatic heterocycles. The number of rotatable bonds is 5. The summed E-state index contributed by atoms with van der Waals surface area (Å²) >= 11 is 0. The van der Waals surface area contributed by atoms with Gasteiger partial charge < -0.3 is 9.32 Å². The van der Waals surface area contributed by atoms with Gasteiger partial charge in [-0.1, -0.05) is 170 Å². The first-order valence-electron chi connectivity index (χ1n) is 20.7. The van der Waals surface area contributed by atoms with E-state index in [2.05, 4.69) is 205 Å². The first-order chi connectivity index (χ1) is 29.8. The molecule has 0 amide bonds. The summed E-state index contributed by atoms with van der Waals surface area (Å²) in [4.78, 5) is 2.48. The zero-order chi connectivity index (χ0) is 39.3. The normalized spacial score (nSPS) is 12.0. The lowest BCUT2D eigenvalue weighted by Crippen LogP contribution is -2.12. The molecule has 2 nitrogen and oxygen atoms in total. The number of hydrogen-bond donors (Lipinski definition) is 0. The van der Waals surface area contributed by atoms with Crippen molar-refractivity contribution in [2.45, 2.75) is 0 Å². The minimum Gasteiger partial charge on any atom is -0.456 e. The van der Waals surface area contributed by atoms with Gasteiger partial charge in [-0.15, -0.1) is 0 Å². The largest absolute Gasteiger partial charge is 0.456 e. The van der Waals surface area contributed by atoms with E-state index in [1.54, 1.807) is 0 Å². The molecule has 0 aliphatic carbocycles. The number of para-hydroxylation sites is 2. The summed E-state index contributed by atoms with van der Waals surface area (Å²) in [5.74, 6) is 0. The maximum atomic E-state index is 6.31. The number of nitrogens with zero attached hydrogens (tertiary/aromatic N) is 1. The van der Waals surface area contributed by atoms with Crippen LogP contribution in [0.2, 0.25) is 0 Å². The van der Waals surface area contributed by atoms with E-state index in [1.807, 2.05) is 12.1 Å². The molecule has 0 spiro atoms. The standard InChI is InChI=1S/C58H35NO/c1-2-12-37(13-3-1)43-17-4-6-24-51(43)59(42-31-28-36(29-32-42)40-30-33-45-44-18-5-7-25-53(44)60-54(45)35-40)52-34-41-16-10-21-47-46-19-8-14-38-26-27-39-15-9-20-48(56(39)55(38)46)49-22-11-23-50(52)58(49)57(41)47/h1-35H. The zero-order valence-electron chi connectivity index (χ0n) is 32.6. The number of anilines is 3. The van der Waals surface area contributed by atoms with Gasteiger partial charge in [-0.05, 0) is 113 Å². The molecule has 12 aromatic carbocycles. The molecular formula is C58H35NO. The van der Waals surface area contributed by atoms with Crippen LogP contribution in [0.1, 0.15) is 0 Å². The Labute approximate surface area is 346 Å². The Morgan fingerprint density at radius 2 is 0.833 bits per heavy atom. The van der Waals surface area contributed by atoms with Gasteiger partial charge in [0.25, 0.3) is 0 Å².